The van der Waals surface area contributed by atoms with Crippen LogP contribution in [0.3, 0.4) is 0 Å². The molecule has 4 nitrogen and oxygen atoms in total. The molecule has 1 aliphatic rings. The predicted molar refractivity (Wildman–Crippen MR) is 98.7 cm³/mol. The quantitative estimate of drug-likeness (QED) is 0.849. The highest BCUT2D eigenvalue weighted by Gasteiger charge is 2.18. The van der Waals surface area contributed by atoms with Gasteiger partial charge in [0.25, 0.3) is 5.91 Å². The molecule has 1 aromatic carbocycles. The molecule has 126 valence electrons. The Morgan fingerprint density at radius 3 is 2.33 bits per heavy atom. The Balaban J connectivity index is 1.75. The van der Waals surface area contributed by atoms with Crippen molar-refractivity contribution in [2.75, 3.05) is 29.4 Å². The zero-order valence-corrected chi connectivity index (χ0v) is 14.3. The smallest absolute Gasteiger partial charge is 0.276 e. The molecule has 0 aliphatic carbocycles. The number of anilines is 2. The van der Waals surface area contributed by atoms with Crippen LogP contribution in [0.25, 0.3) is 0 Å². The van der Waals surface area contributed by atoms with E-state index in [1.54, 1.807) is 4.90 Å². The Hall–Kier alpha value is -2.36. The van der Waals surface area contributed by atoms with Gasteiger partial charge in [-0.3, -0.25) is 4.79 Å². The molecule has 0 radical (unpaired) electrons. The molecular weight excluding hydrogens is 298 g/mol. The maximum atomic E-state index is 12.8. The Morgan fingerprint density at radius 2 is 1.75 bits per heavy atom. The van der Waals surface area contributed by atoms with Gasteiger partial charge < -0.3 is 9.80 Å². The first kappa shape index (κ1) is 16.5. The SMILES string of the molecule is CCN(C(=O)c1ccc(N2CCCCCC2)cn1)c1ccccc1. The van der Waals surface area contributed by atoms with E-state index < -0.39 is 0 Å². The van der Waals surface area contributed by atoms with E-state index in [-0.39, 0.29) is 5.91 Å². The number of nitrogens with zero attached hydrogens (tertiary/aromatic N) is 3. The number of carbonyl (C=O) groups is 1. The number of benzene rings is 1. The molecule has 1 saturated heterocycles. The molecule has 0 unspecified atom stereocenters. The van der Waals surface area contributed by atoms with Crippen molar-refractivity contribution >= 4 is 17.3 Å². The fourth-order valence-electron chi connectivity index (χ4n) is 3.22. The van der Waals surface area contributed by atoms with Crippen LogP contribution in [0.1, 0.15) is 43.1 Å². The molecule has 0 bridgehead atoms. The second-order valence-electron chi connectivity index (χ2n) is 6.19. The maximum Gasteiger partial charge on any atom is 0.276 e. The molecule has 0 saturated carbocycles. The minimum absolute atomic E-state index is 0.0499. The third-order valence-corrected chi connectivity index (χ3v) is 4.57. The first-order valence-electron chi connectivity index (χ1n) is 8.87. The van der Waals surface area contributed by atoms with Crippen molar-refractivity contribution in [3.8, 4) is 0 Å². The van der Waals surface area contributed by atoms with E-state index >= 15 is 0 Å². The summed E-state index contributed by atoms with van der Waals surface area (Å²) in [4.78, 5) is 21.4. The van der Waals surface area contributed by atoms with Gasteiger partial charge in [0.2, 0.25) is 0 Å². The summed E-state index contributed by atoms with van der Waals surface area (Å²) >= 11 is 0. The molecule has 1 aromatic heterocycles. The van der Waals surface area contributed by atoms with Crippen LogP contribution in [-0.2, 0) is 0 Å². The Kier molecular flexibility index (Phi) is 5.47. The van der Waals surface area contributed by atoms with E-state index in [0.29, 0.717) is 12.2 Å². The van der Waals surface area contributed by atoms with Crippen LogP contribution in [0.15, 0.2) is 48.7 Å². The first-order valence-corrected chi connectivity index (χ1v) is 8.87. The van der Waals surface area contributed by atoms with Crippen molar-refractivity contribution < 1.29 is 4.79 Å². The standard InChI is InChI=1S/C20H25N3O/c1-2-23(17-10-6-5-7-11-17)20(24)19-13-12-18(16-21-19)22-14-8-3-4-9-15-22/h5-7,10-13,16H,2-4,8-9,14-15H2,1H3. The van der Waals surface area contributed by atoms with Gasteiger partial charge in [0.1, 0.15) is 5.69 Å². The summed E-state index contributed by atoms with van der Waals surface area (Å²) in [5, 5.41) is 0. The highest BCUT2D eigenvalue weighted by atomic mass is 16.2. The van der Waals surface area contributed by atoms with Crippen LogP contribution in [-0.4, -0.2) is 30.5 Å². The lowest BCUT2D eigenvalue weighted by atomic mass is 10.2. The van der Waals surface area contributed by atoms with Gasteiger partial charge in [0, 0.05) is 25.3 Å². The molecule has 2 aromatic rings. The topological polar surface area (TPSA) is 36.4 Å². The molecular formula is C20H25N3O. The van der Waals surface area contributed by atoms with Crippen LogP contribution in [0.2, 0.25) is 0 Å². The van der Waals surface area contributed by atoms with Gasteiger partial charge in [0.15, 0.2) is 0 Å². The van der Waals surface area contributed by atoms with E-state index in [9.17, 15) is 4.79 Å². The van der Waals surface area contributed by atoms with Crippen LogP contribution < -0.4 is 9.80 Å². The molecule has 4 heteroatoms. The van der Waals surface area contributed by atoms with Crippen LogP contribution in [0.5, 0.6) is 0 Å². The van der Waals surface area contributed by atoms with Crippen LogP contribution in [0, 0.1) is 0 Å². The summed E-state index contributed by atoms with van der Waals surface area (Å²) in [7, 11) is 0. The number of hydrogen-bond donors (Lipinski definition) is 0. The van der Waals surface area contributed by atoms with Crippen molar-refractivity contribution in [3.05, 3.63) is 54.4 Å². The summed E-state index contributed by atoms with van der Waals surface area (Å²) in [6.45, 7) is 4.77. The molecule has 2 heterocycles. The van der Waals surface area contributed by atoms with E-state index in [2.05, 4.69) is 9.88 Å². The highest BCUT2D eigenvalue weighted by molar-refractivity contribution is 6.04. The molecule has 3 rings (SSSR count). The first-order chi connectivity index (χ1) is 11.8. The molecule has 1 fully saturated rings. The van der Waals surface area contributed by atoms with Gasteiger partial charge in [-0.25, -0.2) is 4.98 Å². The van der Waals surface area contributed by atoms with Crippen molar-refractivity contribution in [3.63, 3.8) is 0 Å². The summed E-state index contributed by atoms with van der Waals surface area (Å²) < 4.78 is 0. The number of amides is 1. The molecule has 0 spiro atoms. The minimum atomic E-state index is -0.0499. The number of pyridine rings is 1. The van der Waals surface area contributed by atoms with Crippen molar-refractivity contribution in [1.82, 2.24) is 4.98 Å². The number of aromatic nitrogens is 1. The molecule has 1 aliphatic heterocycles. The normalized spacial score (nSPS) is 15.0. The van der Waals surface area contributed by atoms with E-state index in [1.807, 2.05) is 55.6 Å². The van der Waals surface area contributed by atoms with E-state index in [4.69, 9.17) is 0 Å². The largest absolute Gasteiger partial charge is 0.370 e. The van der Waals surface area contributed by atoms with Gasteiger partial charge in [0.05, 0.1) is 11.9 Å². The van der Waals surface area contributed by atoms with Crippen LogP contribution in [0.4, 0.5) is 11.4 Å². The third-order valence-electron chi connectivity index (χ3n) is 4.57. The second-order valence-corrected chi connectivity index (χ2v) is 6.19. The molecule has 24 heavy (non-hydrogen) atoms. The minimum Gasteiger partial charge on any atom is -0.370 e. The average Bonchev–Trinajstić information content (AvgIpc) is 2.93. The fraction of sp³-hybridized carbons (Fsp3) is 0.400. The average molecular weight is 323 g/mol. The lowest BCUT2D eigenvalue weighted by Gasteiger charge is -2.23. The molecule has 0 N–H and O–H groups in total. The second kappa shape index (κ2) is 7.95. The Labute approximate surface area is 144 Å². The lowest BCUT2D eigenvalue weighted by Crippen LogP contribution is -2.31. The number of para-hydroxylation sites is 1. The number of rotatable bonds is 4. The maximum absolute atomic E-state index is 12.8. The monoisotopic (exact) mass is 323 g/mol. The molecule has 1 amide bonds. The summed E-state index contributed by atoms with van der Waals surface area (Å²) in [6, 6.07) is 13.6. The van der Waals surface area contributed by atoms with Gasteiger partial charge in [-0.15, -0.1) is 0 Å². The Bertz CT molecular complexity index is 646. The molecule has 0 atom stereocenters. The lowest BCUT2D eigenvalue weighted by molar-refractivity contribution is 0.0983. The van der Waals surface area contributed by atoms with Gasteiger partial charge in [-0.1, -0.05) is 31.0 Å². The van der Waals surface area contributed by atoms with E-state index in [1.165, 1.54) is 25.7 Å². The Morgan fingerprint density at radius 1 is 1.04 bits per heavy atom. The summed E-state index contributed by atoms with van der Waals surface area (Å²) in [6.07, 6.45) is 6.93. The summed E-state index contributed by atoms with van der Waals surface area (Å²) in [5.41, 5.74) is 2.53. The summed E-state index contributed by atoms with van der Waals surface area (Å²) in [5.74, 6) is -0.0499. The zero-order valence-electron chi connectivity index (χ0n) is 14.3. The zero-order chi connectivity index (χ0) is 16.8. The van der Waals surface area contributed by atoms with Gasteiger partial charge in [-0.05, 0) is 44.0 Å². The number of hydrogen-bond acceptors (Lipinski definition) is 3. The predicted octanol–water partition coefficient (Wildman–Crippen LogP) is 4.13. The van der Waals surface area contributed by atoms with Crippen molar-refractivity contribution in [2.45, 2.75) is 32.6 Å². The van der Waals surface area contributed by atoms with Gasteiger partial charge in [-0.2, -0.15) is 0 Å². The van der Waals surface area contributed by atoms with Crippen LogP contribution >= 0.6 is 0 Å². The third kappa shape index (κ3) is 3.75. The van der Waals surface area contributed by atoms with Crippen molar-refractivity contribution in [2.24, 2.45) is 0 Å². The van der Waals surface area contributed by atoms with E-state index in [0.717, 1.165) is 24.5 Å². The fourth-order valence-corrected chi connectivity index (χ4v) is 3.22. The van der Waals surface area contributed by atoms with Gasteiger partial charge >= 0.3 is 0 Å². The van der Waals surface area contributed by atoms with Crippen molar-refractivity contribution in [1.29, 1.82) is 0 Å². The highest BCUT2D eigenvalue weighted by Crippen LogP contribution is 2.20. The number of carbonyl (C=O) groups excluding carboxylic acids is 1.